The van der Waals surface area contributed by atoms with E-state index in [1.165, 1.54) is 11.5 Å². The van der Waals surface area contributed by atoms with Gasteiger partial charge in [-0.05, 0) is 0 Å². The van der Waals surface area contributed by atoms with Gasteiger partial charge < -0.3 is 46.5 Å². The van der Waals surface area contributed by atoms with E-state index >= 15 is 0 Å². The van der Waals surface area contributed by atoms with Crippen molar-refractivity contribution in [2.45, 2.75) is 11.0 Å². The van der Waals surface area contributed by atoms with E-state index in [-0.39, 0.29) is 34.1 Å². The number of fused-ring (bicyclic) bond motifs is 1. The molecular formula is C22H22N10O10S3. The number of nitrogen functional groups attached to an aromatic ring is 1. The van der Waals surface area contributed by atoms with Crippen LogP contribution >= 0.6 is 34.6 Å². The Labute approximate surface area is 263 Å². The number of oxime groups is 2. The highest BCUT2D eigenvalue weighted by molar-refractivity contribution is 8.00. The van der Waals surface area contributed by atoms with Crippen LogP contribution in [0.1, 0.15) is 11.5 Å². The molecule has 4 heterocycles. The fourth-order valence-electron chi connectivity index (χ4n) is 4.09. The zero-order valence-corrected chi connectivity index (χ0v) is 25.2. The molecular weight excluding hydrogens is 661 g/mol. The lowest BCUT2D eigenvalue weighted by Gasteiger charge is -2.59. The van der Waals surface area contributed by atoms with Gasteiger partial charge in [0.05, 0.1) is 0 Å². The van der Waals surface area contributed by atoms with Gasteiger partial charge in [0.25, 0.3) is 17.7 Å². The van der Waals surface area contributed by atoms with Crippen molar-refractivity contribution in [2.24, 2.45) is 15.7 Å². The van der Waals surface area contributed by atoms with Crippen molar-refractivity contribution in [3.8, 4) is 0 Å². The molecule has 20 nitrogen and oxygen atoms in total. The predicted molar refractivity (Wildman–Crippen MR) is 157 cm³/mol. The van der Waals surface area contributed by atoms with E-state index in [2.05, 4.69) is 47.2 Å². The Bertz CT molecular complexity index is 1630. The van der Waals surface area contributed by atoms with E-state index in [0.717, 1.165) is 35.1 Å². The molecule has 3 atom stereocenters. The minimum Gasteiger partial charge on any atom is -0.481 e. The third kappa shape index (κ3) is 6.39. The molecule has 0 aliphatic carbocycles. The summed E-state index contributed by atoms with van der Waals surface area (Å²) in [5, 5.41) is 33.4. The second kappa shape index (κ2) is 13.2. The lowest BCUT2D eigenvalue weighted by molar-refractivity contribution is -0.168. The molecule has 0 spiro atoms. The average Bonchev–Trinajstić information content (AvgIpc) is 3.65. The molecule has 0 bridgehead atoms. The molecule has 2 aliphatic rings. The highest BCUT2D eigenvalue weighted by atomic mass is 32.2. The third-order valence-electron chi connectivity index (χ3n) is 6.18. The number of anilines is 2. The third-order valence-corrected chi connectivity index (χ3v) is 9.10. The van der Waals surface area contributed by atoms with E-state index in [1.54, 1.807) is 0 Å². The fourth-order valence-corrected chi connectivity index (χ4v) is 6.79. The van der Waals surface area contributed by atoms with Crippen LogP contribution in [0.15, 0.2) is 28.3 Å². The number of carboxylic acids is 2. The number of aromatic nitrogens is 3. The lowest BCUT2D eigenvalue weighted by Crippen LogP contribution is -2.87. The van der Waals surface area contributed by atoms with E-state index < -0.39 is 64.1 Å². The summed E-state index contributed by atoms with van der Waals surface area (Å²) in [7, 11) is 1.14. The number of thioether (sulfide) groups is 1. The van der Waals surface area contributed by atoms with Crippen LogP contribution in [-0.4, -0.2) is 114 Å². The number of rotatable bonds is 14. The maximum Gasteiger partial charge on any atom is 0.344 e. The minimum atomic E-state index is -2.26. The standard InChI is InChI=1S/C22H22N10O10S3/c1-3-21(18(39)40)6-32-16(38)22(17(32)44-7-21,27-14(36)11(29-41-2)9-5-43-20(25-9)24-8-33)28-15(37)12(30-42-4-10(34)35)13-26-19(23)45-31-13/h3,5,8,17H,1,4,6-7H2,2H3,(H,27,36)(H,28,37)(H,34,35)(H,39,40)(H2,23,26,31)(H,24,25,33)/t17-,21?,22?/m1/s1. The average molecular weight is 683 g/mol. The Hall–Kier alpha value is -5.16. The van der Waals surface area contributed by atoms with Crippen molar-refractivity contribution >= 4 is 92.4 Å². The van der Waals surface area contributed by atoms with Crippen LogP contribution < -0.4 is 21.7 Å². The van der Waals surface area contributed by atoms with Crippen molar-refractivity contribution in [3.63, 3.8) is 0 Å². The number of thiazole rings is 1. The Kier molecular flexibility index (Phi) is 9.63. The highest BCUT2D eigenvalue weighted by Gasteiger charge is 2.67. The molecule has 0 radical (unpaired) electrons. The molecule has 4 rings (SSSR count). The summed E-state index contributed by atoms with van der Waals surface area (Å²) in [4.78, 5) is 93.5. The fraction of sp³-hybridized carbons (Fsp3) is 0.318. The number of hydrogen-bond donors (Lipinski definition) is 6. The van der Waals surface area contributed by atoms with Crippen LogP contribution in [0.3, 0.4) is 0 Å². The van der Waals surface area contributed by atoms with Crippen LogP contribution in [0.25, 0.3) is 0 Å². The van der Waals surface area contributed by atoms with Crippen LogP contribution in [-0.2, 0) is 38.4 Å². The number of carbonyl (C=O) groups is 6. The number of carboxylic acid groups (broad SMARTS) is 2. The van der Waals surface area contributed by atoms with Crippen LogP contribution in [0, 0.1) is 5.41 Å². The molecule has 2 aromatic heterocycles. The first-order valence-corrected chi connectivity index (χ1v) is 14.8. The van der Waals surface area contributed by atoms with E-state index in [1.807, 2.05) is 0 Å². The number of nitrogens with two attached hydrogens (primary N) is 1. The Morgan fingerprint density at radius 3 is 2.51 bits per heavy atom. The summed E-state index contributed by atoms with van der Waals surface area (Å²) < 4.78 is 3.88. The van der Waals surface area contributed by atoms with Gasteiger partial charge in [0.2, 0.25) is 30.2 Å². The van der Waals surface area contributed by atoms with Crippen molar-refractivity contribution in [2.75, 3.05) is 37.1 Å². The molecule has 0 saturated carbocycles. The smallest absolute Gasteiger partial charge is 0.344 e. The molecule has 4 amide bonds. The summed E-state index contributed by atoms with van der Waals surface area (Å²) in [6.07, 6.45) is 1.56. The second-order valence-electron chi connectivity index (χ2n) is 8.96. The first kappa shape index (κ1) is 32.7. The summed E-state index contributed by atoms with van der Waals surface area (Å²) >= 11 is 2.56. The number of amides is 4. The van der Waals surface area contributed by atoms with Crippen molar-refractivity contribution in [1.29, 1.82) is 0 Å². The van der Waals surface area contributed by atoms with Crippen LogP contribution in [0.4, 0.5) is 10.3 Å². The van der Waals surface area contributed by atoms with Gasteiger partial charge in [0.1, 0.15) is 23.6 Å². The first-order chi connectivity index (χ1) is 21.4. The SMILES string of the molecule is C=CC1(C(=O)O)CS[C@H]2N(C1)C(=O)C2(NC(=O)C(=NOC)c1csc(NC=O)n1)NC(=O)C(=NOCC(=O)O)c1nsc(N)n1. The van der Waals surface area contributed by atoms with Crippen molar-refractivity contribution < 1.29 is 48.7 Å². The topological polar surface area (TPSA) is 290 Å². The van der Waals surface area contributed by atoms with E-state index in [9.17, 15) is 33.9 Å². The van der Waals surface area contributed by atoms with Gasteiger partial charge in [0, 0.05) is 29.2 Å². The monoisotopic (exact) mass is 682 g/mol. The number of nitrogens with zero attached hydrogens (tertiary/aromatic N) is 6. The molecule has 2 aliphatic heterocycles. The lowest BCUT2D eigenvalue weighted by atomic mass is 9.85. The summed E-state index contributed by atoms with van der Waals surface area (Å²) in [5.74, 6) is -6.32. The number of β-lactam (4-membered cyclic amide) rings is 1. The maximum atomic E-state index is 13.8. The molecule has 45 heavy (non-hydrogen) atoms. The van der Waals surface area contributed by atoms with Gasteiger partial charge >= 0.3 is 11.9 Å². The molecule has 2 fully saturated rings. The van der Waals surface area contributed by atoms with Crippen LogP contribution in [0.2, 0.25) is 0 Å². The highest BCUT2D eigenvalue weighted by Crippen LogP contribution is 2.46. The van der Waals surface area contributed by atoms with Gasteiger partial charge in [-0.15, -0.1) is 29.7 Å². The summed E-state index contributed by atoms with van der Waals surface area (Å²) in [5.41, 5.74) is 0.641. The Morgan fingerprint density at radius 2 is 1.93 bits per heavy atom. The Morgan fingerprint density at radius 1 is 1.22 bits per heavy atom. The molecule has 2 aromatic rings. The maximum absolute atomic E-state index is 13.8. The minimum absolute atomic E-state index is 0.0619. The molecule has 2 unspecified atom stereocenters. The zero-order chi connectivity index (χ0) is 32.9. The molecule has 238 valence electrons. The predicted octanol–water partition coefficient (Wildman–Crippen LogP) is -1.90. The summed E-state index contributed by atoms with van der Waals surface area (Å²) in [6.45, 7) is 2.29. The number of carbonyl (C=O) groups excluding carboxylic acids is 4. The van der Waals surface area contributed by atoms with Gasteiger partial charge in [-0.3, -0.25) is 24.0 Å². The Balaban J connectivity index is 1.73. The normalized spacial score (nSPS) is 22.7. The van der Waals surface area contributed by atoms with E-state index in [4.69, 9.17) is 20.5 Å². The molecule has 2 saturated heterocycles. The molecule has 7 N–H and O–H groups in total. The van der Waals surface area contributed by atoms with Gasteiger partial charge in [-0.2, -0.15) is 9.36 Å². The largest absolute Gasteiger partial charge is 0.481 e. The van der Waals surface area contributed by atoms with Crippen molar-refractivity contribution in [1.82, 2.24) is 29.9 Å². The number of aliphatic carboxylic acids is 2. The second-order valence-corrected chi connectivity index (χ2v) is 11.7. The zero-order valence-electron chi connectivity index (χ0n) is 22.8. The van der Waals surface area contributed by atoms with Gasteiger partial charge in [-0.1, -0.05) is 16.4 Å². The van der Waals surface area contributed by atoms with Crippen LogP contribution in [0.5, 0.6) is 0 Å². The molecule has 0 aromatic carbocycles. The van der Waals surface area contributed by atoms with E-state index in [0.29, 0.717) is 17.9 Å². The van der Waals surface area contributed by atoms with Gasteiger partial charge in [-0.25, -0.2) is 9.78 Å². The van der Waals surface area contributed by atoms with Gasteiger partial charge in [0.15, 0.2) is 16.0 Å². The summed E-state index contributed by atoms with van der Waals surface area (Å²) in [6, 6.07) is 0. The number of nitrogens with one attached hydrogen (secondary N) is 3. The molecule has 23 heteroatoms. The quantitative estimate of drug-likeness (QED) is 0.0317. The first-order valence-electron chi connectivity index (χ1n) is 12.1. The number of hydrogen-bond acceptors (Lipinski definition) is 17. The van der Waals surface area contributed by atoms with Crippen molar-refractivity contribution in [3.05, 3.63) is 29.6 Å².